The van der Waals surface area contributed by atoms with Crippen molar-refractivity contribution in [2.24, 2.45) is 5.92 Å². The summed E-state index contributed by atoms with van der Waals surface area (Å²) in [7, 11) is 2.19. The highest BCUT2D eigenvalue weighted by atomic mass is 35.5. The summed E-state index contributed by atoms with van der Waals surface area (Å²) in [6, 6.07) is 1.96. The topological polar surface area (TPSA) is 25.4 Å². The first-order chi connectivity index (χ1) is 9.56. The van der Waals surface area contributed by atoms with Crippen LogP contribution in [0.4, 0.5) is 0 Å². The molecule has 0 radical (unpaired) electrons. The molecular weight excluding hydrogens is 272 g/mol. The number of pyridine rings is 1. The summed E-state index contributed by atoms with van der Waals surface area (Å²) < 4.78 is 5.74. The third kappa shape index (κ3) is 4.35. The minimum absolute atomic E-state index is 0.438. The molecule has 1 saturated heterocycles. The number of hydrogen-bond acceptors (Lipinski definition) is 3. The standard InChI is InChI=1S/C16H25ClN2O/c1-12(2)14-10-15(17)16(18-11-14)20-9-6-13-4-7-19(3)8-5-13/h10-13H,4-9H2,1-3H3. The van der Waals surface area contributed by atoms with Crippen molar-refractivity contribution in [3.63, 3.8) is 0 Å². The Balaban J connectivity index is 1.79. The molecule has 3 nitrogen and oxygen atoms in total. The van der Waals surface area contributed by atoms with E-state index in [4.69, 9.17) is 16.3 Å². The van der Waals surface area contributed by atoms with Crippen LogP contribution in [-0.4, -0.2) is 36.6 Å². The monoisotopic (exact) mass is 296 g/mol. The van der Waals surface area contributed by atoms with Gasteiger partial charge in [0.15, 0.2) is 0 Å². The summed E-state index contributed by atoms with van der Waals surface area (Å²) in [5, 5.41) is 0.625. The molecule has 2 rings (SSSR count). The van der Waals surface area contributed by atoms with Crippen molar-refractivity contribution in [3.05, 3.63) is 22.8 Å². The van der Waals surface area contributed by atoms with E-state index in [0.29, 0.717) is 23.4 Å². The number of rotatable bonds is 5. The molecule has 1 aromatic rings. The second-order valence-electron chi connectivity index (χ2n) is 6.09. The maximum absolute atomic E-state index is 6.22. The number of halogens is 1. The van der Waals surface area contributed by atoms with E-state index in [1.54, 1.807) is 0 Å². The van der Waals surface area contributed by atoms with Crippen LogP contribution in [0.3, 0.4) is 0 Å². The molecule has 1 aliphatic rings. The summed E-state index contributed by atoms with van der Waals surface area (Å²) in [5.41, 5.74) is 1.15. The van der Waals surface area contributed by atoms with Gasteiger partial charge in [-0.2, -0.15) is 0 Å². The van der Waals surface area contributed by atoms with Gasteiger partial charge in [-0.3, -0.25) is 0 Å². The molecule has 0 N–H and O–H groups in total. The van der Waals surface area contributed by atoms with Crippen molar-refractivity contribution < 1.29 is 4.74 Å². The van der Waals surface area contributed by atoms with Gasteiger partial charge < -0.3 is 9.64 Å². The molecular formula is C16H25ClN2O. The molecule has 1 aliphatic heterocycles. The van der Waals surface area contributed by atoms with Gasteiger partial charge in [-0.25, -0.2) is 4.98 Å². The summed E-state index contributed by atoms with van der Waals surface area (Å²) >= 11 is 6.22. The molecule has 0 bridgehead atoms. The highest BCUT2D eigenvalue weighted by molar-refractivity contribution is 6.31. The lowest BCUT2D eigenvalue weighted by Gasteiger charge is -2.28. The molecule has 0 aliphatic carbocycles. The Morgan fingerprint density at radius 3 is 2.70 bits per heavy atom. The fraction of sp³-hybridized carbons (Fsp3) is 0.688. The molecule has 1 aromatic heterocycles. The predicted octanol–water partition coefficient (Wildman–Crippen LogP) is 3.97. The summed E-state index contributed by atoms with van der Waals surface area (Å²) in [6.07, 6.45) is 5.50. The van der Waals surface area contributed by atoms with Crippen LogP contribution in [0.2, 0.25) is 5.02 Å². The Bertz CT molecular complexity index is 428. The van der Waals surface area contributed by atoms with Crippen LogP contribution in [0.1, 0.15) is 44.6 Å². The summed E-state index contributed by atoms with van der Waals surface area (Å²) in [5.74, 6) is 1.79. The molecule has 2 heterocycles. The number of nitrogens with zero attached hydrogens (tertiary/aromatic N) is 2. The second kappa shape index (κ2) is 7.28. The van der Waals surface area contributed by atoms with Gasteiger partial charge in [0.05, 0.1) is 6.61 Å². The van der Waals surface area contributed by atoms with Crippen molar-refractivity contribution in [1.29, 1.82) is 0 Å². The molecule has 1 fully saturated rings. The van der Waals surface area contributed by atoms with E-state index in [1.807, 2.05) is 12.3 Å². The summed E-state index contributed by atoms with van der Waals surface area (Å²) in [4.78, 5) is 6.72. The normalized spacial score (nSPS) is 17.6. The quantitative estimate of drug-likeness (QED) is 0.822. The van der Waals surface area contributed by atoms with Crippen molar-refractivity contribution in [1.82, 2.24) is 9.88 Å². The molecule has 0 spiro atoms. The van der Waals surface area contributed by atoms with Gasteiger partial charge in [-0.15, -0.1) is 0 Å². The van der Waals surface area contributed by atoms with Crippen LogP contribution in [0, 0.1) is 5.92 Å². The van der Waals surface area contributed by atoms with Crippen LogP contribution >= 0.6 is 11.6 Å². The van der Waals surface area contributed by atoms with Gasteiger partial charge in [0, 0.05) is 6.20 Å². The van der Waals surface area contributed by atoms with Gasteiger partial charge in [0.25, 0.3) is 0 Å². The lowest BCUT2D eigenvalue weighted by molar-refractivity contribution is 0.185. The predicted molar refractivity (Wildman–Crippen MR) is 83.7 cm³/mol. The lowest BCUT2D eigenvalue weighted by atomic mass is 9.94. The van der Waals surface area contributed by atoms with E-state index in [0.717, 1.165) is 17.9 Å². The van der Waals surface area contributed by atoms with Crippen molar-refractivity contribution in [2.45, 2.75) is 39.0 Å². The van der Waals surface area contributed by atoms with E-state index < -0.39 is 0 Å². The number of piperidine rings is 1. The van der Waals surface area contributed by atoms with Gasteiger partial charge in [0.2, 0.25) is 5.88 Å². The average molecular weight is 297 g/mol. The van der Waals surface area contributed by atoms with E-state index in [2.05, 4.69) is 30.8 Å². The lowest BCUT2D eigenvalue weighted by Crippen LogP contribution is -2.30. The van der Waals surface area contributed by atoms with Crippen LogP contribution in [0.5, 0.6) is 5.88 Å². The smallest absolute Gasteiger partial charge is 0.232 e. The zero-order valence-electron chi connectivity index (χ0n) is 12.7. The maximum Gasteiger partial charge on any atom is 0.232 e. The first-order valence-corrected chi connectivity index (χ1v) is 7.91. The fourth-order valence-corrected chi connectivity index (χ4v) is 2.76. The van der Waals surface area contributed by atoms with Gasteiger partial charge in [-0.05, 0) is 62.9 Å². The van der Waals surface area contributed by atoms with E-state index in [9.17, 15) is 0 Å². The minimum atomic E-state index is 0.438. The van der Waals surface area contributed by atoms with E-state index in [1.165, 1.54) is 25.9 Å². The Labute approximate surface area is 127 Å². The Morgan fingerprint density at radius 1 is 1.40 bits per heavy atom. The van der Waals surface area contributed by atoms with Crippen LogP contribution < -0.4 is 4.74 Å². The Kier molecular flexibility index (Phi) is 5.67. The number of aromatic nitrogens is 1. The van der Waals surface area contributed by atoms with Crippen LogP contribution in [0.15, 0.2) is 12.3 Å². The molecule has 0 saturated carbocycles. The minimum Gasteiger partial charge on any atom is -0.477 e. The molecule has 4 heteroatoms. The van der Waals surface area contributed by atoms with Gasteiger partial charge in [0.1, 0.15) is 5.02 Å². The zero-order chi connectivity index (χ0) is 14.5. The third-order valence-corrected chi connectivity index (χ3v) is 4.37. The van der Waals surface area contributed by atoms with Crippen LogP contribution in [0.25, 0.3) is 0 Å². The SMILES string of the molecule is CC(C)c1cnc(OCCC2CCN(C)CC2)c(Cl)c1. The fourth-order valence-electron chi connectivity index (χ4n) is 2.54. The first-order valence-electron chi connectivity index (χ1n) is 7.53. The van der Waals surface area contributed by atoms with Crippen molar-refractivity contribution in [2.75, 3.05) is 26.7 Å². The van der Waals surface area contributed by atoms with Gasteiger partial charge in [-0.1, -0.05) is 25.4 Å². The van der Waals surface area contributed by atoms with Crippen molar-refractivity contribution >= 4 is 11.6 Å². The average Bonchev–Trinajstić information content (AvgIpc) is 2.42. The summed E-state index contributed by atoms with van der Waals surface area (Å²) in [6.45, 7) is 7.38. The largest absolute Gasteiger partial charge is 0.477 e. The maximum atomic E-state index is 6.22. The number of ether oxygens (including phenoxy) is 1. The molecule has 0 atom stereocenters. The first kappa shape index (κ1) is 15.6. The molecule has 112 valence electrons. The number of likely N-dealkylation sites (tertiary alicyclic amines) is 1. The highest BCUT2D eigenvalue weighted by Gasteiger charge is 2.16. The number of hydrogen-bond donors (Lipinski definition) is 0. The van der Waals surface area contributed by atoms with Crippen LogP contribution in [-0.2, 0) is 0 Å². The van der Waals surface area contributed by atoms with Crippen molar-refractivity contribution in [3.8, 4) is 5.88 Å². The Morgan fingerprint density at radius 2 is 2.10 bits per heavy atom. The van der Waals surface area contributed by atoms with E-state index in [-0.39, 0.29) is 0 Å². The molecule has 0 amide bonds. The molecule has 0 unspecified atom stereocenters. The molecule has 0 aromatic carbocycles. The zero-order valence-corrected chi connectivity index (χ0v) is 13.5. The molecule has 20 heavy (non-hydrogen) atoms. The second-order valence-corrected chi connectivity index (χ2v) is 6.50. The van der Waals surface area contributed by atoms with Gasteiger partial charge >= 0.3 is 0 Å². The third-order valence-electron chi connectivity index (χ3n) is 4.10. The highest BCUT2D eigenvalue weighted by Crippen LogP contribution is 2.26. The Hall–Kier alpha value is -0.800. The van der Waals surface area contributed by atoms with E-state index >= 15 is 0 Å².